The number of halogens is 1. The Labute approximate surface area is 80.1 Å². The first kappa shape index (κ1) is 9.80. The van der Waals surface area contributed by atoms with Crippen LogP contribution < -0.4 is 4.74 Å². The summed E-state index contributed by atoms with van der Waals surface area (Å²) in [6.07, 6.45) is 1.96. The number of hydrogen-bond donors (Lipinski definition) is 1. The molecular weight excluding hydrogens is 194 g/mol. The number of aromatic nitrogens is 1. The van der Waals surface area contributed by atoms with Gasteiger partial charge in [-0.2, -0.15) is 0 Å². The molecule has 1 heterocycles. The molecule has 4 nitrogen and oxygen atoms in total. The van der Waals surface area contributed by atoms with Crippen molar-refractivity contribution < 1.29 is 14.6 Å². The monoisotopic (exact) mass is 201 g/mol. The van der Waals surface area contributed by atoms with E-state index >= 15 is 0 Å². The van der Waals surface area contributed by atoms with Gasteiger partial charge in [0.1, 0.15) is 10.8 Å². The zero-order chi connectivity index (χ0) is 9.84. The van der Waals surface area contributed by atoms with E-state index in [2.05, 4.69) is 4.98 Å². The highest BCUT2D eigenvalue weighted by Crippen LogP contribution is 2.22. The molecule has 1 aromatic rings. The van der Waals surface area contributed by atoms with Crippen LogP contribution >= 0.6 is 11.6 Å². The predicted octanol–water partition coefficient (Wildman–Crippen LogP) is 1.59. The van der Waals surface area contributed by atoms with Crippen molar-refractivity contribution in [3.8, 4) is 5.75 Å². The zero-order valence-corrected chi connectivity index (χ0v) is 7.65. The van der Waals surface area contributed by atoms with Crippen molar-refractivity contribution in [2.24, 2.45) is 0 Å². The smallest absolute Gasteiger partial charge is 0.344 e. The van der Waals surface area contributed by atoms with Gasteiger partial charge in [0.15, 0.2) is 6.10 Å². The summed E-state index contributed by atoms with van der Waals surface area (Å²) >= 11 is 5.69. The average molecular weight is 202 g/mol. The molecule has 70 valence electrons. The van der Waals surface area contributed by atoms with Gasteiger partial charge in [0.25, 0.3) is 0 Å². The second-order valence-electron chi connectivity index (χ2n) is 2.40. The van der Waals surface area contributed by atoms with Crippen molar-refractivity contribution in [2.45, 2.75) is 13.0 Å². The molecule has 1 atom stereocenters. The molecule has 13 heavy (non-hydrogen) atoms. The van der Waals surface area contributed by atoms with Crippen molar-refractivity contribution in [2.75, 3.05) is 0 Å². The van der Waals surface area contributed by atoms with E-state index in [1.54, 1.807) is 0 Å². The number of rotatable bonds is 3. The number of pyridine rings is 1. The SMILES string of the molecule is CC(Oc1ccncc1Cl)C(=O)O. The fraction of sp³-hybridized carbons (Fsp3) is 0.250. The van der Waals surface area contributed by atoms with Crippen LogP contribution in [-0.4, -0.2) is 22.2 Å². The number of aliphatic carboxylic acids is 1. The summed E-state index contributed by atoms with van der Waals surface area (Å²) in [5, 5.41) is 8.85. The molecule has 0 fully saturated rings. The molecule has 0 spiro atoms. The van der Waals surface area contributed by atoms with E-state index in [4.69, 9.17) is 21.4 Å². The standard InChI is InChI=1S/C8H8ClNO3/c1-5(8(11)12)13-7-2-3-10-4-6(7)9/h2-5H,1H3,(H,11,12). The fourth-order valence-electron chi connectivity index (χ4n) is 0.699. The van der Waals surface area contributed by atoms with Crippen LogP contribution in [0, 0.1) is 0 Å². The maximum Gasteiger partial charge on any atom is 0.344 e. The van der Waals surface area contributed by atoms with Crippen molar-refractivity contribution in [3.63, 3.8) is 0 Å². The van der Waals surface area contributed by atoms with Gasteiger partial charge in [-0.3, -0.25) is 4.98 Å². The minimum absolute atomic E-state index is 0.301. The number of carboxylic acid groups (broad SMARTS) is 1. The molecule has 1 N–H and O–H groups in total. The number of carboxylic acids is 1. The van der Waals surface area contributed by atoms with E-state index in [-0.39, 0.29) is 0 Å². The van der Waals surface area contributed by atoms with Gasteiger partial charge in [0.05, 0.1) is 0 Å². The first-order valence-corrected chi connectivity index (χ1v) is 3.98. The minimum Gasteiger partial charge on any atom is -0.479 e. The molecule has 0 saturated heterocycles. The van der Waals surface area contributed by atoms with Crippen molar-refractivity contribution >= 4 is 17.6 Å². The van der Waals surface area contributed by atoms with Gasteiger partial charge in [0.2, 0.25) is 0 Å². The van der Waals surface area contributed by atoms with Crippen molar-refractivity contribution in [1.82, 2.24) is 4.98 Å². The number of nitrogens with zero attached hydrogens (tertiary/aromatic N) is 1. The van der Waals surface area contributed by atoms with Crippen LogP contribution in [0.4, 0.5) is 0 Å². The van der Waals surface area contributed by atoms with Crippen LogP contribution in [0.1, 0.15) is 6.92 Å². The molecule has 1 rings (SSSR count). The molecule has 0 bridgehead atoms. The fourth-order valence-corrected chi connectivity index (χ4v) is 0.863. The first-order valence-electron chi connectivity index (χ1n) is 3.60. The maximum atomic E-state index is 10.4. The van der Waals surface area contributed by atoms with E-state index in [9.17, 15) is 4.79 Å². The highest BCUT2D eigenvalue weighted by molar-refractivity contribution is 6.31. The topological polar surface area (TPSA) is 59.4 Å². The summed E-state index contributed by atoms with van der Waals surface area (Å²) in [7, 11) is 0. The Hall–Kier alpha value is -1.29. The Kier molecular flexibility index (Phi) is 3.08. The molecule has 0 aromatic carbocycles. The highest BCUT2D eigenvalue weighted by atomic mass is 35.5. The second kappa shape index (κ2) is 4.09. The van der Waals surface area contributed by atoms with E-state index in [1.807, 2.05) is 0 Å². The van der Waals surface area contributed by atoms with Crippen LogP contribution in [-0.2, 0) is 4.79 Å². The molecule has 0 aliphatic rings. The van der Waals surface area contributed by atoms with Crippen molar-refractivity contribution in [3.05, 3.63) is 23.5 Å². The van der Waals surface area contributed by atoms with Gasteiger partial charge in [-0.1, -0.05) is 11.6 Å². The van der Waals surface area contributed by atoms with Gasteiger partial charge in [-0.15, -0.1) is 0 Å². The summed E-state index contributed by atoms with van der Waals surface area (Å²) < 4.78 is 5.04. The number of carbonyl (C=O) groups is 1. The van der Waals surface area contributed by atoms with Gasteiger partial charge in [-0.25, -0.2) is 4.79 Å². The van der Waals surface area contributed by atoms with E-state index < -0.39 is 12.1 Å². The lowest BCUT2D eigenvalue weighted by Gasteiger charge is -2.10. The molecule has 0 radical (unpaired) electrons. The summed E-state index contributed by atoms with van der Waals surface area (Å²) in [4.78, 5) is 14.2. The third-order valence-electron chi connectivity index (χ3n) is 1.39. The van der Waals surface area contributed by atoms with Gasteiger partial charge in [-0.05, 0) is 6.92 Å². The van der Waals surface area contributed by atoms with Gasteiger partial charge in [0, 0.05) is 18.5 Å². The molecule has 0 aliphatic heterocycles. The van der Waals surface area contributed by atoms with Gasteiger partial charge >= 0.3 is 5.97 Å². The van der Waals surface area contributed by atoms with E-state index in [0.29, 0.717) is 10.8 Å². The van der Waals surface area contributed by atoms with Gasteiger partial charge < -0.3 is 9.84 Å². The Morgan fingerprint density at radius 1 is 1.77 bits per heavy atom. The molecule has 0 saturated carbocycles. The van der Waals surface area contributed by atoms with Crippen LogP contribution in [0.15, 0.2) is 18.5 Å². The Morgan fingerprint density at radius 3 is 3.00 bits per heavy atom. The summed E-state index contributed by atoms with van der Waals surface area (Å²) in [6.45, 7) is 1.43. The van der Waals surface area contributed by atoms with Crippen LogP contribution in [0.5, 0.6) is 5.75 Å². The summed E-state index contributed by atoms with van der Waals surface area (Å²) in [6, 6.07) is 1.52. The van der Waals surface area contributed by atoms with E-state index in [1.165, 1.54) is 25.4 Å². The average Bonchev–Trinajstić information content (AvgIpc) is 2.08. The van der Waals surface area contributed by atoms with Crippen molar-refractivity contribution in [1.29, 1.82) is 0 Å². The lowest BCUT2D eigenvalue weighted by atomic mass is 10.4. The normalized spacial score (nSPS) is 12.2. The molecule has 0 aliphatic carbocycles. The summed E-state index contributed by atoms with van der Waals surface area (Å²) in [5.74, 6) is -0.709. The number of hydrogen-bond acceptors (Lipinski definition) is 3. The highest BCUT2D eigenvalue weighted by Gasteiger charge is 2.13. The molecule has 1 unspecified atom stereocenters. The largest absolute Gasteiger partial charge is 0.479 e. The third kappa shape index (κ3) is 2.59. The predicted molar refractivity (Wildman–Crippen MR) is 47.0 cm³/mol. The molecular formula is C8H8ClNO3. The van der Waals surface area contributed by atoms with Crippen LogP contribution in [0.2, 0.25) is 5.02 Å². The Morgan fingerprint density at radius 2 is 2.46 bits per heavy atom. The molecule has 0 amide bonds. The Bertz CT molecular complexity index is 316. The first-order chi connectivity index (χ1) is 6.11. The zero-order valence-electron chi connectivity index (χ0n) is 6.90. The lowest BCUT2D eigenvalue weighted by Crippen LogP contribution is -2.22. The maximum absolute atomic E-state index is 10.4. The molecule has 1 aromatic heterocycles. The third-order valence-corrected chi connectivity index (χ3v) is 1.67. The number of ether oxygens (including phenoxy) is 1. The molecule has 5 heteroatoms. The lowest BCUT2D eigenvalue weighted by molar-refractivity contribution is -0.144. The van der Waals surface area contributed by atoms with Crippen LogP contribution in [0.25, 0.3) is 0 Å². The minimum atomic E-state index is -1.03. The van der Waals surface area contributed by atoms with E-state index in [0.717, 1.165) is 0 Å². The quantitative estimate of drug-likeness (QED) is 0.807. The summed E-state index contributed by atoms with van der Waals surface area (Å²) in [5.41, 5.74) is 0. The van der Waals surface area contributed by atoms with Crippen LogP contribution in [0.3, 0.4) is 0 Å². The Balaban J connectivity index is 2.74. The second-order valence-corrected chi connectivity index (χ2v) is 2.81.